The zero-order valence-corrected chi connectivity index (χ0v) is 11.8. The number of aliphatic hydroxyl groups excluding tert-OH is 2. The summed E-state index contributed by atoms with van der Waals surface area (Å²) in [4.78, 5) is 16.7. The first kappa shape index (κ1) is 14.6. The van der Waals surface area contributed by atoms with E-state index < -0.39 is 4.92 Å². The minimum absolute atomic E-state index is 0.0388. The monoisotopic (exact) mass is 297 g/mol. The topological polar surface area (TPSA) is 99.7 Å². The molecule has 0 fully saturated rings. The van der Waals surface area contributed by atoms with Gasteiger partial charge in [0.25, 0.3) is 5.69 Å². The highest BCUT2D eigenvalue weighted by atomic mass is 32.1. The molecule has 1 aromatic carbocycles. The molecule has 108 valence electrons. The third-order valence-corrected chi connectivity index (χ3v) is 3.80. The predicted molar refractivity (Wildman–Crippen MR) is 77.4 cm³/mol. The number of hydrogen-bond donors (Lipinski definition) is 2. The zero-order chi connectivity index (χ0) is 14.7. The Kier molecular flexibility index (Phi) is 4.48. The first-order valence-electron chi connectivity index (χ1n) is 6.09. The number of fused-ring (bicyclic) bond motifs is 1. The van der Waals surface area contributed by atoms with Crippen LogP contribution in [-0.2, 0) is 0 Å². The van der Waals surface area contributed by atoms with E-state index in [-0.39, 0.29) is 32.0 Å². The second-order valence-electron chi connectivity index (χ2n) is 4.23. The maximum absolute atomic E-state index is 11.2. The number of rotatable bonds is 6. The number of thiazole rings is 1. The fourth-order valence-electron chi connectivity index (χ4n) is 2.06. The molecule has 0 bridgehead atoms. The van der Waals surface area contributed by atoms with Gasteiger partial charge in [-0.1, -0.05) is 0 Å². The van der Waals surface area contributed by atoms with E-state index in [1.165, 1.54) is 17.4 Å². The van der Waals surface area contributed by atoms with Gasteiger partial charge >= 0.3 is 0 Å². The molecule has 7 nitrogen and oxygen atoms in total. The Morgan fingerprint density at radius 1 is 1.35 bits per heavy atom. The molecule has 1 aromatic heterocycles. The number of nitro groups is 1. The molecule has 20 heavy (non-hydrogen) atoms. The van der Waals surface area contributed by atoms with E-state index in [1.54, 1.807) is 11.0 Å². The van der Waals surface area contributed by atoms with Gasteiger partial charge in [-0.3, -0.25) is 10.1 Å². The van der Waals surface area contributed by atoms with Crippen molar-refractivity contribution in [2.75, 3.05) is 31.2 Å². The van der Waals surface area contributed by atoms with Gasteiger partial charge in [0, 0.05) is 19.2 Å². The van der Waals surface area contributed by atoms with Gasteiger partial charge in [-0.15, -0.1) is 11.3 Å². The second kappa shape index (κ2) is 6.12. The lowest BCUT2D eigenvalue weighted by molar-refractivity contribution is -0.384. The molecule has 2 rings (SSSR count). The lowest BCUT2D eigenvalue weighted by atomic mass is 10.2. The molecule has 2 aromatic rings. The van der Waals surface area contributed by atoms with Gasteiger partial charge in [0.15, 0.2) is 0 Å². The normalized spacial score (nSPS) is 10.9. The van der Waals surface area contributed by atoms with Crippen LogP contribution in [0.4, 0.5) is 11.4 Å². The lowest BCUT2D eigenvalue weighted by Gasteiger charge is -2.22. The number of hydrogen-bond acceptors (Lipinski definition) is 7. The van der Waals surface area contributed by atoms with Crippen molar-refractivity contribution in [3.63, 3.8) is 0 Å². The summed E-state index contributed by atoms with van der Waals surface area (Å²) in [6.45, 7) is 1.98. The smallest absolute Gasteiger partial charge is 0.294 e. The Morgan fingerprint density at radius 3 is 2.55 bits per heavy atom. The van der Waals surface area contributed by atoms with Crippen LogP contribution >= 0.6 is 11.3 Å². The number of aryl methyl sites for hydroxylation is 1. The predicted octanol–water partition coefficient (Wildman–Crippen LogP) is 1.30. The SMILES string of the molecule is Cc1nc2cc(N(CCO)CCO)c([N+](=O)[O-])cc2s1. The summed E-state index contributed by atoms with van der Waals surface area (Å²) in [7, 11) is 0. The fourth-order valence-corrected chi connectivity index (χ4v) is 2.90. The van der Waals surface area contributed by atoms with Crippen LogP contribution in [0.2, 0.25) is 0 Å². The highest BCUT2D eigenvalue weighted by molar-refractivity contribution is 7.18. The van der Waals surface area contributed by atoms with Gasteiger partial charge in [0.2, 0.25) is 0 Å². The van der Waals surface area contributed by atoms with Gasteiger partial charge in [0.1, 0.15) is 5.69 Å². The largest absolute Gasteiger partial charge is 0.395 e. The first-order valence-corrected chi connectivity index (χ1v) is 6.90. The molecule has 2 N–H and O–H groups in total. The number of aromatic nitrogens is 1. The summed E-state index contributed by atoms with van der Waals surface area (Å²) in [6, 6.07) is 3.14. The molecule has 0 saturated heterocycles. The molecule has 0 saturated carbocycles. The van der Waals surface area contributed by atoms with Crippen LogP contribution in [-0.4, -0.2) is 46.4 Å². The summed E-state index contributed by atoms with van der Waals surface area (Å²) < 4.78 is 0.755. The summed E-state index contributed by atoms with van der Waals surface area (Å²) in [5.41, 5.74) is 1.02. The van der Waals surface area contributed by atoms with Crippen molar-refractivity contribution in [2.24, 2.45) is 0 Å². The highest BCUT2D eigenvalue weighted by Gasteiger charge is 2.21. The Hall–Kier alpha value is -1.77. The van der Waals surface area contributed by atoms with Gasteiger partial charge in [-0.25, -0.2) is 4.98 Å². The first-order chi connectivity index (χ1) is 9.56. The quantitative estimate of drug-likeness (QED) is 0.616. The van der Waals surface area contributed by atoms with E-state index in [9.17, 15) is 10.1 Å². The molecule has 0 aliphatic carbocycles. The zero-order valence-electron chi connectivity index (χ0n) is 10.9. The summed E-state index contributed by atoms with van der Waals surface area (Å²) in [5.74, 6) is 0. The maximum atomic E-state index is 11.2. The highest BCUT2D eigenvalue weighted by Crippen LogP contribution is 2.35. The Bertz CT molecular complexity index is 622. The van der Waals surface area contributed by atoms with Crippen LogP contribution in [0.15, 0.2) is 12.1 Å². The molecule has 0 atom stereocenters. The van der Waals surface area contributed by atoms with Crippen molar-refractivity contribution >= 4 is 32.9 Å². The molecule has 0 aliphatic rings. The number of nitro benzene ring substituents is 1. The molecule has 0 unspecified atom stereocenters. The van der Waals surface area contributed by atoms with E-state index >= 15 is 0 Å². The van der Waals surface area contributed by atoms with Crippen LogP contribution in [0.1, 0.15) is 5.01 Å². The van der Waals surface area contributed by atoms with Crippen LogP contribution in [0.5, 0.6) is 0 Å². The molecule has 0 amide bonds. The third kappa shape index (κ3) is 2.87. The van der Waals surface area contributed by atoms with Crippen molar-refractivity contribution in [3.8, 4) is 0 Å². The Morgan fingerprint density at radius 2 is 2.00 bits per heavy atom. The summed E-state index contributed by atoms with van der Waals surface area (Å²) in [6.07, 6.45) is 0. The van der Waals surface area contributed by atoms with Gasteiger partial charge in [-0.2, -0.15) is 0 Å². The summed E-state index contributed by atoms with van der Waals surface area (Å²) >= 11 is 1.40. The number of anilines is 1. The van der Waals surface area contributed by atoms with Gasteiger partial charge in [-0.05, 0) is 13.0 Å². The van der Waals surface area contributed by atoms with Crippen molar-refractivity contribution in [1.82, 2.24) is 4.98 Å². The molecule has 1 heterocycles. The van der Waals surface area contributed by atoms with Gasteiger partial charge in [0.05, 0.1) is 33.4 Å². The molecule has 0 aliphatic heterocycles. The van der Waals surface area contributed by atoms with E-state index in [1.807, 2.05) is 6.92 Å². The van der Waals surface area contributed by atoms with E-state index in [4.69, 9.17) is 10.2 Å². The van der Waals surface area contributed by atoms with Crippen LogP contribution in [0, 0.1) is 17.0 Å². The Labute approximate surface area is 119 Å². The van der Waals surface area contributed by atoms with Crippen LogP contribution in [0.25, 0.3) is 10.2 Å². The second-order valence-corrected chi connectivity index (χ2v) is 5.47. The van der Waals surface area contributed by atoms with Crippen molar-refractivity contribution in [3.05, 3.63) is 27.3 Å². The molecule has 0 radical (unpaired) electrons. The van der Waals surface area contributed by atoms with Crippen molar-refractivity contribution in [2.45, 2.75) is 6.92 Å². The van der Waals surface area contributed by atoms with E-state index in [2.05, 4.69) is 4.98 Å². The van der Waals surface area contributed by atoms with Crippen molar-refractivity contribution in [1.29, 1.82) is 0 Å². The Balaban J connectivity index is 2.57. The van der Waals surface area contributed by atoms with Crippen LogP contribution < -0.4 is 4.90 Å². The van der Waals surface area contributed by atoms with E-state index in [0.29, 0.717) is 11.2 Å². The van der Waals surface area contributed by atoms with Crippen molar-refractivity contribution < 1.29 is 15.1 Å². The third-order valence-electron chi connectivity index (χ3n) is 2.87. The number of nitrogens with zero attached hydrogens (tertiary/aromatic N) is 3. The molecular weight excluding hydrogens is 282 g/mol. The minimum atomic E-state index is -0.453. The lowest BCUT2D eigenvalue weighted by Crippen LogP contribution is -2.30. The average Bonchev–Trinajstić information content (AvgIpc) is 2.76. The fraction of sp³-hybridized carbons (Fsp3) is 0.417. The van der Waals surface area contributed by atoms with E-state index in [0.717, 1.165) is 9.71 Å². The molecule has 0 spiro atoms. The summed E-state index contributed by atoms with van der Waals surface area (Å²) in [5, 5.41) is 30.2. The minimum Gasteiger partial charge on any atom is -0.395 e. The standard InChI is InChI=1S/C12H15N3O4S/c1-8-13-9-6-10(14(2-4-16)3-5-17)11(15(18)19)7-12(9)20-8/h6-7,16-17H,2-5H2,1H3. The molecular formula is C12H15N3O4S. The van der Waals surface area contributed by atoms with Crippen LogP contribution in [0.3, 0.4) is 0 Å². The molecule has 8 heteroatoms. The number of aliphatic hydroxyl groups is 2. The number of benzene rings is 1. The maximum Gasteiger partial charge on any atom is 0.294 e. The average molecular weight is 297 g/mol. The van der Waals surface area contributed by atoms with Gasteiger partial charge < -0.3 is 15.1 Å².